The zero-order chi connectivity index (χ0) is 20.5. The van der Waals surface area contributed by atoms with Gasteiger partial charge in [0, 0.05) is 55.3 Å². The molecule has 8 heteroatoms. The number of nitrogens with zero attached hydrogens (tertiary/aromatic N) is 4. The Bertz CT molecular complexity index is 968. The molecule has 1 atom stereocenters. The number of thioether (sulfide) groups is 1. The van der Waals surface area contributed by atoms with E-state index in [1.807, 2.05) is 18.7 Å². The van der Waals surface area contributed by atoms with Crippen molar-refractivity contribution in [2.45, 2.75) is 37.9 Å². The molecule has 0 bridgehead atoms. The maximum atomic E-state index is 13.1. The van der Waals surface area contributed by atoms with Crippen molar-refractivity contribution >= 4 is 23.4 Å². The number of aromatic nitrogens is 2. The summed E-state index contributed by atoms with van der Waals surface area (Å²) < 4.78 is 14.8. The summed E-state index contributed by atoms with van der Waals surface area (Å²) in [7, 11) is 0. The Labute approximate surface area is 173 Å². The van der Waals surface area contributed by atoms with Gasteiger partial charge in [0.2, 0.25) is 5.91 Å². The van der Waals surface area contributed by atoms with Gasteiger partial charge in [-0.2, -0.15) is 0 Å². The van der Waals surface area contributed by atoms with Crippen LogP contribution in [-0.4, -0.2) is 52.3 Å². The lowest BCUT2D eigenvalue weighted by Crippen LogP contribution is -2.49. The Hall–Kier alpha value is -2.35. The van der Waals surface area contributed by atoms with Crippen LogP contribution in [0.4, 0.5) is 10.1 Å². The molecular weight excluding hydrogens is 391 g/mol. The van der Waals surface area contributed by atoms with Crippen LogP contribution in [0.2, 0.25) is 0 Å². The molecule has 1 saturated heterocycles. The quantitative estimate of drug-likeness (QED) is 0.718. The van der Waals surface area contributed by atoms with E-state index in [0.29, 0.717) is 44.8 Å². The van der Waals surface area contributed by atoms with E-state index in [0.717, 1.165) is 22.1 Å². The molecule has 2 aliphatic rings. The summed E-state index contributed by atoms with van der Waals surface area (Å²) in [5, 5.41) is 0.726. The van der Waals surface area contributed by atoms with Crippen LogP contribution in [0, 0.1) is 12.7 Å². The van der Waals surface area contributed by atoms with E-state index in [4.69, 9.17) is 0 Å². The van der Waals surface area contributed by atoms with Crippen LogP contribution < -0.4 is 10.5 Å². The Kier molecular flexibility index (Phi) is 5.63. The average molecular weight is 417 g/mol. The molecule has 4 rings (SSSR count). The maximum absolute atomic E-state index is 13.1. The molecule has 0 saturated carbocycles. The molecule has 2 aromatic rings. The first-order chi connectivity index (χ1) is 14.0. The van der Waals surface area contributed by atoms with Crippen molar-refractivity contribution in [1.82, 2.24) is 14.5 Å². The van der Waals surface area contributed by atoms with Crippen molar-refractivity contribution in [3.63, 3.8) is 0 Å². The third kappa shape index (κ3) is 3.90. The van der Waals surface area contributed by atoms with Crippen LogP contribution in [0.3, 0.4) is 0 Å². The number of carbonyl (C=O) groups excluding carboxylic acids is 1. The fraction of sp³-hybridized carbons (Fsp3) is 0.476. The molecule has 6 nitrogen and oxygen atoms in total. The van der Waals surface area contributed by atoms with Crippen molar-refractivity contribution in [2.24, 2.45) is 0 Å². The predicted molar refractivity (Wildman–Crippen MR) is 112 cm³/mol. The predicted octanol–water partition coefficient (Wildman–Crippen LogP) is 2.64. The molecule has 0 aliphatic carbocycles. The Morgan fingerprint density at radius 2 is 1.90 bits per heavy atom. The Morgan fingerprint density at radius 1 is 1.21 bits per heavy atom. The van der Waals surface area contributed by atoms with Crippen LogP contribution in [0.25, 0.3) is 0 Å². The normalized spacial score (nSPS) is 18.8. The number of rotatable bonds is 4. The molecule has 0 N–H and O–H groups in total. The maximum Gasteiger partial charge on any atom is 0.257 e. The number of carbonyl (C=O) groups is 1. The van der Waals surface area contributed by atoms with Crippen LogP contribution in [0.1, 0.15) is 30.6 Å². The van der Waals surface area contributed by atoms with Gasteiger partial charge in [-0.3, -0.25) is 14.2 Å². The minimum Gasteiger partial charge on any atom is -0.368 e. The zero-order valence-electron chi connectivity index (χ0n) is 16.7. The van der Waals surface area contributed by atoms with Crippen LogP contribution in [0.15, 0.2) is 34.2 Å². The highest BCUT2D eigenvalue weighted by Crippen LogP contribution is 2.33. The lowest BCUT2D eigenvalue weighted by molar-refractivity contribution is -0.132. The summed E-state index contributed by atoms with van der Waals surface area (Å²) in [6.45, 7) is 6.53. The third-order valence-electron chi connectivity index (χ3n) is 5.74. The lowest BCUT2D eigenvalue weighted by Gasteiger charge is -2.36. The van der Waals surface area contributed by atoms with Gasteiger partial charge in [0.05, 0.1) is 6.04 Å². The number of piperazine rings is 1. The smallest absolute Gasteiger partial charge is 0.257 e. The van der Waals surface area contributed by atoms with Gasteiger partial charge in [-0.25, -0.2) is 9.37 Å². The van der Waals surface area contributed by atoms with E-state index in [2.05, 4.69) is 9.88 Å². The number of anilines is 1. The SMILES string of the molecule is CCc1c(C)nc2n(c1=O)C(CC(=O)N1CCN(c3ccc(F)cc3)CC1)CS2. The molecule has 0 radical (unpaired) electrons. The first-order valence-corrected chi connectivity index (χ1v) is 11.0. The fourth-order valence-electron chi connectivity index (χ4n) is 4.07. The number of halogens is 1. The third-order valence-corrected chi connectivity index (χ3v) is 6.84. The summed E-state index contributed by atoms with van der Waals surface area (Å²) in [5.74, 6) is 0.534. The number of hydrogen-bond acceptors (Lipinski definition) is 5. The van der Waals surface area contributed by atoms with Crippen molar-refractivity contribution in [1.29, 1.82) is 0 Å². The first kappa shape index (κ1) is 19.9. The van der Waals surface area contributed by atoms with Gasteiger partial charge in [-0.1, -0.05) is 18.7 Å². The van der Waals surface area contributed by atoms with Crippen LogP contribution >= 0.6 is 11.8 Å². The first-order valence-electron chi connectivity index (χ1n) is 10.0. The van der Waals surface area contributed by atoms with E-state index >= 15 is 0 Å². The second kappa shape index (κ2) is 8.18. The number of aryl methyl sites for hydroxylation is 1. The summed E-state index contributed by atoms with van der Waals surface area (Å²) in [6.07, 6.45) is 0.971. The van der Waals surface area contributed by atoms with Gasteiger partial charge in [-0.15, -0.1) is 0 Å². The highest BCUT2D eigenvalue weighted by atomic mass is 32.2. The highest BCUT2D eigenvalue weighted by molar-refractivity contribution is 7.99. The van der Waals surface area contributed by atoms with Gasteiger partial charge >= 0.3 is 0 Å². The molecular formula is C21H25FN4O2S. The molecule has 1 unspecified atom stereocenters. The molecule has 1 amide bonds. The summed E-state index contributed by atoms with van der Waals surface area (Å²) in [5.41, 5.74) is 2.50. The zero-order valence-corrected chi connectivity index (χ0v) is 17.5. The van der Waals surface area contributed by atoms with Crippen molar-refractivity contribution in [2.75, 3.05) is 36.8 Å². The van der Waals surface area contributed by atoms with Gasteiger partial charge in [-0.05, 0) is 37.6 Å². The highest BCUT2D eigenvalue weighted by Gasteiger charge is 2.31. The van der Waals surface area contributed by atoms with E-state index < -0.39 is 0 Å². The van der Waals surface area contributed by atoms with Crippen molar-refractivity contribution < 1.29 is 9.18 Å². The van der Waals surface area contributed by atoms with Crippen molar-refractivity contribution in [3.8, 4) is 0 Å². The molecule has 0 spiro atoms. The molecule has 1 aromatic heterocycles. The minimum atomic E-state index is -0.247. The second-order valence-electron chi connectivity index (χ2n) is 7.50. The number of amides is 1. The number of fused-ring (bicyclic) bond motifs is 1. The van der Waals surface area contributed by atoms with Crippen LogP contribution in [0.5, 0.6) is 0 Å². The van der Waals surface area contributed by atoms with Crippen LogP contribution in [-0.2, 0) is 11.2 Å². The van der Waals surface area contributed by atoms with Crippen molar-refractivity contribution in [3.05, 3.63) is 51.7 Å². The lowest BCUT2D eigenvalue weighted by atomic mass is 10.1. The van der Waals surface area contributed by atoms with Gasteiger partial charge < -0.3 is 9.80 Å². The molecule has 2 aliphatic heterocycles. The van der Waals surface area contributed by atoms with E-state index in [1.54, 1.807) is 28.5 Å². The number of benzene rings is 1. The molecule has 154 valence electrons. The molecule has 1 aromatic carbocycles. The molecule has 3 heterocycles. The van der Waals surface area contributed by atoms with E-state index in [9.17, 15) is 14.0 Å². The average Bonchev–Trinajstić information content (AvgIpc) is 3.11. The molecule has 29 heavy (non-hydrogen) atoms. The van der Waals surface area contributed by atoms with E-state index in [1.165, 1.54) is 12.1 Å². The van der Waals surface area contributed by atoms with Gasteiger partial charge in [0.25, 0.3) is 5.56 Å². The Balaban J connectivity index is 1.41. The van der Waals surface area contributed by atoms with E-state index in [-0.39, 0.29) is 23.3 Å². The van der Waals surface area contributed by atoms with Gasteiger partial charge in [0.15, 0.2) is 5.16 Å². The largest absolute Gasteiger partial charge is 0.368 e. The topological polar surface area (TPSA) is 58.4 Å². The monoisotopic (exact) mass is 416 g/mol. The summed E-state index contributed by atoms with van der Waals surface area (Å²) >= 11 is 1.55. The fourth-order valence-corrected chi connectivity index (χ4v) is 5.26. The second-order valence-corrected chi connectivity index (χ2v) is 8.49. The van der Waals surface area contributed by atoms with Gasteiger partial charge in [0.1, 0.15) is 5.82 Å². The number of hydrogen-bond donors (Lipinski definition) is 0. The minimum absolute atomic E-state index is 0.000992. The summed E-state index contributed by atoms with van der Waals surface area (Å²) in [4.78, 5) is 34.4. The Morgan fingerprint density at radius 3 is 2.55 bits per heavy atom. The molecule has 1 fully saturated rings. The summed E-state index contributed by atoms with van der Waals surface area (Å²) in [6, 6.07) is 6.32. The standard InChI is InChI=1S/C21H25FN4O2S/c1-3-18-14(2)23-21-26(20(18)28)17(13-29-21)12-19(27)25-10-8-24(9-11-25)16-6-4-15(22)5-7-16/h4-7,17H,3,8-13H2,1-2H3.